The summed E-state index contributed by atoms with van der Waals surface area (Å²) in [5.41, 5.74) is 5.35. The Morgan fingerprint density at radius 2 is 2.18 bits per heavy atom. The maximum absolute atomic E-state index is 11.3. The van der Waals surface area contributed by atoms with Crippen LogP contribution in [-0.2, 0) is 0 Å². The van der Waals surface area contributed by atoms with Gasteiger partial charge in [0.15, 0.2) is 5.82 Å². The Morgan fingerprint density at radius 1 is 1.41 bits per heavy atom. The highest BCUT2D eigenvalue weighted by molar-refractivity contribution is 5.59. The van der Waals surface area contributed by atoms with Gasteiger partial charge in [0.1, 0.15) is 5.69 Å². The molecule has 1 aliphatic rings. The lowest BCUT2D eigenvalue weighted by Crippen LogP contribution is -2.33. The Hall–Kier alpha value is -1.56. The summed E-state index contributed by atoms with van der Waals surface area (Å²) in [6.45, 7) is 0. The molecule has 2 atom stereocenters. The molecule has 17 heavy (non-hydrogen) atoms. The van der Waals surface area contributed by atoms with E-state index in [2.05, 4.69) is 15.3 Å². The fraction of sp³-hybridized carbons (Fsp3) is 0.636. The smallest absolute Gasteiger partial charge is 0.276 e. The molecule has 1 saturated carbocycles. The first-order valence-electron chi connectivity index (χ1n) is 5.96. The third-order valence-electron chi connectivity index (χ3n) is 3.19. The van der Waals surface area contributed by atoms with Gasteiger partial charge in [0, 0.05) is 0 Å². The maximum atomic E-state index is 11.3. The van der Waals surface area contributed by atoms with Crippen LogP contribution in [0.3, 0.4) is 0 Å². The third kappa shape index (κ3) is 2.76. The normalized spacial score (nSPS) is 25.2. The van der Waals surface area contributed by atoms with Crippen LogP contribution < -0.4 is 16.6 Å². The maximum Gasteiger partial charge on any atom is 0.276 e. The summed E-state index contributed by atoms with van der Waals surface area (Å²) in [7, 11) is 0. The van der Waals surface area contributed by atoms with Crippen molar-refractivity contribution in [2.45, 2.75) is 44.2 Å². The summed E-state index contributed by atoms with van der Waals surface area (Å²) in [6, 6.07) is -0.0749. The number of aromatic nitrogens is 2. The summed E-state index contributed by atoms with van der Waals surface area (Å²) < 4.78 is 0. The van der Waals surface area contributed by atoms with Gasteiger partial charge in [0.05, 0.1) is 18.5 Å². The van der Waals surface area contributed by atoms with Gasteiger partial charge in [-0.05, 0) is 12.8 Å². The van der Waals surface area contributed by atoms with Crippen molar-refractivity contribution in [3.8, 4) is 0 Å². The molecule has 1 fully saturated rings. The van der Waals surface area contributed by atoms with Crippen LogP contribution >= 0.6 is 0 Å². The van der Waals surface area contributed by atoms with Crippen LogP contribution in [0.25, 0.3) is 0 Å². The minimum absolute atomic E-state index is 0.0731. The highest BCUT2D eigenvalue weighted by Crippen LogP contribution is 2.21. The van der Waals surface area contributed by atoms with Gasteiger partial charge in [-0.2, -0.15) is 0 Å². The number of nitrogens with two attached hydrogens (primary N) is 1. The molecule has 1 aromatic heterocycles. The summed E-state index contributed by atoms with van der Waals surface area (Å²) in [6.07, 6.45) is 5.79. The molecular formula is C11H18N4O2. The topological polar surface area (TPSA) is 104 Å². The molecule has 5 N–H and O–H groups in total. The number of aliphatic hydroxyl groups excluding tert-OH is 1. The minimum atomic E-state index is -0.405. The van der Waals surface area contributed by atoms with Crippen LogP contribution in [0.5, 0.6) is 0 Å². The summed E-state index contributed by atoms with van der Waals surface area (Å²) in [4.78, 5) is 17.7. The standard InChI is InChI=1S/C11H18N4O2/c12-9-10(13-6-14-11(9)17)15-7-4-2-1-3-5-8(7)16/h6-8,16H,1-5,12H2,(H2,13,14,15,17). The molecule has 0 bridgehead atoms. The van der Waals surface area contributed by atoms with Crippen molar-refractivity contribution >= 4 is 11.5 Å². The lowest BCUT2D eigenvalue weighted by atomic mass is 10.1. The van der Waals surface area contributed by atoms with E-state index in [9.17, 15) is 9.90 Å². The number of H-pyrrole nitrogens is 1. The van der Waals surface area contributed by atoms with E-state index in [1.54, 1.807) is 0 Å². The Kier molecular flexibility index (Phi) is 3.63. The van der Waals surface area contributed by atoms with Crippen molar-refractivity contribution in [3.05, 3.63) is 16.7 Å². The summed E-state index contributed by atoms with van der Waals surface area (Å²) in [5.74, 6) is 0.361. The van der Waals surface area contributed by atoms with Crippen molar-refractivity contribution in [2.24, 2.45) is 0 Å². The second kappa shape index (κ2) is 5.18. The predicted octanol–water partition coefficient (Wildman–Crippen LogP) is 0.458. The van der Waals surface area contributed by atoms with Crippen LogP contribution in [0.4, 0.5) is 11.5 Å². The van der Waals surface area contributed by atoms with E-state index in [4.69, 9.17) is 5.73 Å². The fourth-order valence-corrected chi connectivity index (χ4v) is 2.16. The monoisotopic (exact) mass is 238 g/mol. The largest absolute Gasteiger partial charge is 0.391 e. The molecule has 1 heterocycles. The number of hydrogen-bond acceptors (Lipinski definition) is 5. The van der Waals surface area contributed by atoms with E-state index >= 15 is 0 Å². The number of aromatic amines is 1. The van der Waals surface area contributed by atoms with E-state index in [-0.39, 0.29) is 17.3 Å². The van der Waals surface area contributed by atoms with Crippen molar-refractivity contribution in [1.29, 1.82) is 0 Å². The van der Waals surface area contributed by atoms with E-state index in [1.165, 1.54) is 6.33 Å². The van der Waals surface area contributed by atoms with Crippen LogP contribution in [0, 0.1) is 0 Å². The van der Waals surface area contributed by atoms with Crippen molar-refractivity contribution < 1.29 is 5.11 Å². The highest BCUT2D eigenvalue weighted by atomic mass is 16.3. The van der Waals surface area contributed by atoms with E-state index in [0.29, 0.717) is 5.82 Å². The molecule has 0 radical (unpaired) electrons. The molecule has 0 spiro atoms. The summed E-state index contributed by atoms with van der Waals surface area (Å²) >= 11 is 0. The molecule has 0 aliphatic heterocycles. The number of anilines is 2. The average molecular weight is 238 g/mol. The van der Waals surface area contributed by atoms with E-state index in [1.807, 2.05) is 0 Å². The number of rotatable bonds is 2. The molecule has 1 aliphatic carbocycles. The van der Waals surface area contributed by atoms with Crippen LogP contribution in [-0.4, -0.2) is 27.2 Å². The first kappa shape index (κ1) is 11.9. The lowest BCUT2D eigenvalue weighted by Gasteiger charge is -2.22. The summed E-state index contributed by atoms with van der Waals surface area (Å²) in [5, 5.41) is 13.0. The SMILES string of the molecule is Nc1c(NC2CCCCCC2O)nc[nH]c1=O. The number of nitrogens with zero attached hydrogens (tertiary/aromatic N) is 1. The van der Waals surface area contributed by atoms with Gasteiger partial charge in [0.25, 0.3) is 5.56 Å². The van der Waals surface area contributed by atoms with Crippen molar-refractivity contribution in [3.63, 3.8) is 0 Å². The number of hydrogen-bond donors (Lipinski definition) is 4. The van der Waals surface area contributed by atoms with Gasteiger partial charge < -0.3 is 21.1 Å². The Labute approximate surface area is 99.3 Å². The van der Waals surface area contributed by atoms with Gasteiger partial charge in [-0.1, -0.05) is 19.3 Å². The Morgan fingerprint density at radius 3 is 3.00 bits per heavy atom. The van der Waals surface area contributed by atoms with Crippen LogP contribution in [0.15, 0.2) is 11.1 Å². The van der Waals surface area contributed by atoms with Crippen molar-refractivity contribution in [2.75, 3.05) is 11.1 Å². The molecule has 0 aromatic carbocycles. The third-order valence-corrected chi connectivity index (χ3v) is 3.19. The van der Waals surface area contributed by atoms with E-state index in [0.717, 1.165) is 32.1 Å². The number of nitrogen functional groups attached to an aromatic ring is 1. The van der Waals surface area contributed by atoms with Gasteiger partial charge in [-0.3, -0.25) is 4.79 Å². The molecule has 0 amide bonds. The van der Waals surface area contributed by atoms with Gasteiger partial charge >= 0.3 is 0 Å². The molecule has 0 saturated heterocycles. The van der Waals surface area contributed by atoms with E-state index < -0.39 is 6.10 Å². The minimum Gasteiger partial charge on any atom is -0.391 e. The number of nitrogens with one attached hydrogen (secondary N) is 2. The molecular weight excluding hydrogens is 220 g/mol. The second-order valence-corrected chi connectivity index (χ2v) is 4.45. The Bertz CT molecular complexity index is 432. The first-order chi connectivity index (χ1) is 8.18. The van der Waals surface area contributed by atoms with Crippen LogP contribution in [0.1, 0.15) is 32.1 Å². The average Bonchev–Trinajstić information content (AvgIpc) is 2.51. The fourth-order valence-electron chi connectivity index (χ4n) is 2.16. The predicted molar refractivity (Wildman–Crippen MR) is 65.8 cm³/mol. The highest BCUT2D eigenvalue weighted by Gasteiger charge is 2.22. The van der Waals surface area contributed by atoms with Gasteiger partial charge in [-0.15, -0.1) is 0 Å². The zero-order valence-corrected chi connectivity index (χ0v) is 9.65. The first-order valence-corrected chi connectivity index (χ1v) is 5.96. The van der Waals surface area contributed by atoms with Crippen molar-refractivity contribution in [1.82, 2.24) is 9.97 Å². The second-order valence-electron chi connectivity index (χ2n) is 4.45. The molecule has 2 unspecified atom stereocenters. The van der Waals surface area contributed by atoms with Crippen LogP contribution in [0.2, 0.25) is 0 Å². The van der Waals surface area contributed by atoms with Gasteiger partial charge in [0.2, 0.25) is 0 Å². The zero-order chi connectivity index (χ0) is 12.3. The molecule has 6 heteroatoms. The quantitative estimate of drug-likeness (QED) is 0.560. The molecule has 94 valence electrons. The molecule has 6 nitrogen and oxygen atoms in total. The zero-order valence-electron chi connectivity index (χ0n) is 9.65. The Balaban J connectivity index is 2.13. The lowest BCUT2D eigenvalue weighted by molar-refractivity contribution is 0.144. The molecule has 1 aromatic rings. The molecule has 2 rings (SSSR count). The van der Waals surface area contributed by atoms with Gasteiger partial charge in [-0.25, -0.2) is 4.98 Å². The number of aliphatic hydroxyl groups is 1.